The van der Waals surface area contributed by atoms with Crippen LogP contribution in [0, 0.1) is 11.1 Å². The summed E-state index contributed by atoms with van der Waals surface area (Å²) in [6, 6.07) is 0. The fourth-order valence-corrected chi connectivity index (χ4v) is 1.99. The lowest BCUT2D eigenvalue weighted by molar-refractivity contribution is -0.714. The van der Waals surface area contributed by atoms with Gasteiger partial charge in [0, 0.05) is 18.7 Å². The molecule has 19 heavy (non-hydrogen) atoms. The van der Waals surface area contributed by atoms with Crippen LogP contribution < -0.4 is 0 Å². The summed E-state index contributed by atoms with van der Waals surface area (Å²) in [5, 5.41) is 11.8. The van der Waals surface area contributed by atoms with Gasteiger partial charge in [-0.3, -0.25) is 14.8 Å². The van der Waals surface area contributed by atoms with Crippen LogP contribution in [-0.2, 0) is 19.2 Å². The monoisotopic (exact) mass is 269 g/mol. The van der Waals surface area contributed by atoms with Gasteiger partial charge in [-0.1, -0.05) is 11.1 Å². The van der Waals surface area contributed by atoms with E-state index in [2.05, 4.69) is 4.84 Å². The fraction of sp³-hybridized carbons (Fsp3) is 0.615. The van der Waals surface area contributed by atoms with Crippen molar-refractivity contribution in [3.63, 3.8) is 0 Å². The van der Waals surface area contributed by atoms with Crippen molar-refractivity contribution >= 4 is 17.7 Å². The van der Waals surface area contributed by atoms with Gasteiger partial charge in [-0.25, -0.2) is 0 Å². The summed E-state index contributed by atoms with van der Waals surface area (Å²) in [7, 11) is 0. The molecule has 0 aliphatic heterocycles. The van der Waals surface area contributed by atoms with E-state index >= 15 is 0 Å². The highest BCUT2D eigenvalue weighted by Gasteiger charge is 2.32. The van der Waals surface area contributed by atoms with E-state index in [-0.39, 0.29) is 17.4 Å². The summed E-state index contributed by atoms with van der Waals surface area (Å²) in [5.41, 5.74) is 2.65. The van der Waals surface area contributed by atoms with Crippen LogP contribution in [-0.4, -0.2) is 29.2 Å². The van der Waals surface area contributed by atoms with Crippen LogP contribution in [0.25, 0.3) is 0 Å². The second-order valence-corrected chi connectivity index (χ2v) is 4.77. The molecule has 1 atom stereocenters. The van der Waals surface area contributed by atoms with Gasteiger partial charge in [0.2, 0.25) is 5.71 Å². The van der Waals surface area contributed by atoms with Gasteiger partial charge in [0.25, 0.3) is 5.97 Å². The minimum atomic E-state index is -0.669. The van der Waals surface area contributed by atoms with Gasteiger partial charge in [-0.15, -0.1) is 0 Å². The van der Waals surface area contributed by atoms with Crippen LogP contribution in [0.3, 0.4) is 0 Å². The van der Waals surface area contributed by atoms with E-state index in [0.29, 0.717) is 18.6 Å². The predicted molar refractivity (Wildman–Crippen MR) is 68.1 cm³/mol. The molecule has 0 spiro atoms. The summed E-state index contributed by atoms with van der Waals surface area (Å²) in [6.07, 6.45) is 1.04. The summed E-state index contributed by atoms with van der Waals surface area (Å²) in [6.45, 7) is 6.52. The molecule has 0 radical (unpaired) electrons. The molecule has 6 heteroatoms. The third kappa shape index (κ3) is 4.39. The molecule has 1 aliphatic carbocycles. The third-order valence-corrected chi connectivity index (χ3v) is 3.13. The molecular weight excluding hydrogens is 250 g/mol. The lowest BCUT2D eigenvalue weighted by atomic mass is 9.84. The Hall–Kier alpha value is -1.85. The molecule has 0 saturated carbocycles. The molecule has 0 saturated heterocycles. The van der Waals surface area contributed by atoms with Crippen molar-refractivity contribution in [2.45, 2.75) is 40.5 Å². The van der Waals surface area contributed by atoms with Gasteiger partial charge in [0.15, 0.2) is 0 Å². The van der Waals surface area contributed by atoms with Crippen LogP contribution in [0.1, 0.15) is 40.5 Å². The van der Waals surface area contributed by atoms with Crippen molar-refractivity contribution in [2.75, 3.05) is 6.61 Å². The fourth-order valence-electron chi connectivity index (χ4n) is 1.99. The van der Waals surface area contributed by atoms with E-state index in [0.717, 1.165) is 11.1 Å². The maximum absolute atomic E-state index is 11.8. The van der Waals surface area contributed by atoms with Crippen molar-refractivity contribution in [2.24, 2.45) is 5.92 Å². The van der Waals surface area contributed by atoms with Gasteiger partial charge in [-0.05, 0) is 20.3 Å². The number of allylic oxidation sites excluding steroid dienone is 2. The van der Waals surface area contributed by atoms with Crippen LogP contribution >= 0.6 is 0 Å². The van der Waals surface area contributed by atoms with Crippen LogP contribution in [0.4, 0.5) is 0 Å². The maximum atomic E-state index is 11.8. The van der Waals surface area contributed by atoms with Crippen molar-refractivity contribution in [1.82, 2.24) is 0 Å². The van der Waals surface area contributed by atoms with Gasteiger partial charge in [0.05, 0.1) is 12.3 Å². The standard InChI is InChI=1S/C13H19NO5/c1-8-5-12(7-18-10(3)15)13(6-9(8)2)14(17)19-11(4)16/h12H,5-7H2,1-4H3/b14-13-/t12-/m1/s1. The van der Waals surface area contributed by atoms with Crippen molar-refractivity contribution in [1.29, 1.82) is 0 Å². The first-order chi connectivity index (χ1) is 8.81. The van der Waals surface area contributed by atoms with Crippen LogP contribution in [0.2, 0.25) is 0 Å². The van der Waals surface area contributed by atoms with E-state index in [1.54, 1.807) is 0 Å². The topological polar surface area (TPSA) is 78.7 Å². The van der Waals surface area contributed by atoms with Gasteiger partial charge in [0.1, 0.15) is 6.61 Å². The highest BCUT2D eigenvalue weighted by atomic mass is 16.9. The normalized spacial score (nSPS) is 22.0. The Bertz CT molecular complexity index is 450. The van der Waals surface area contributed by atoms with E-state index in [1.807, 2.05) is 13.8 Å². The number of hydrogen-bond donors (Lipinski definition) is 0. The molecule has 0 fully saturated rings. The number of rotatable bonds is 3. The first-order valence-electron chi connectivity index (χ1n) is 6.11. The molecule has 0 unspecified atom stereocenters. The summed E-state index contributed by atoms with van der Waals surface area (Å²) in [5.74, 6) is -1.31. The Morgan fingerprint density at radius 1 is 1.26 bits per heavy atom. The molecule has 0 bridgehead atoms. The first kappa shape index (κ1) is 15.2. The summed E-state index contributed by atoms with van der Waals surface area (Å²) >= 11 is 0. The molecule has 0 aromatic heterocycles. The van der Waals surface area contributed by atoms with Crippen LogP contribution in [0.15, 0.2) is 11.1 Å². The highest BCUT2D eigenvalue weighted by Crippen LogP contribution is 2.27. The Labute approximate surface area is 112 Å². The SMILES string of the molecule is CC(=O)OC[C@H]1CC(C)=C(C)C/C1=[N+](\[O-])OC(C)=O. The van der Waals surface area contributed by atoms with Crippen LogP contribution in [0.5, 0.6) is 0 Å². The van der Waals surface area contributed by atoms with Crippen molar-refractivity contribution < 1.29 is 24.1 Å². The Morgan fingerprint density at radius 2 is 1.89 bits per heavy atom. The smallest absolute Gasteiger partial charge is 0.302 e. The Kier molecular flexibility index (Phi) is 5.09. The molecule has 1 rings (SSSR count). The molecule has 0 aromatic carbocycles. The number of hydrogen-bond acceptors (Lipinski definition) is 5. The first-order valence-corrected chi connectivity index (χ1v) is 6.11. The number of nitrogens with zero attached hydrogens (tertiary/aromatic N) is 1. The highest BCUT2D eigenvalue weighted by molar-refractivity contribution is 5.86. The zero-order valence-corrected chi connectivity index (χ0v) is 11.7. The van der Waals surface area contributed by atoms with Gasteiger partial charge < -0.3 is 9.57 Å². The lowest BCUT2D eigenvalue weighted by Gasteiger charge is -2.23. The lowest BCUT2D eigenvalue weighted by Crippen LogP contribution is -2.33. The Morgan fingerprint density at radius 3 is 2.42 bits per heavy atom. The van der Waals surface area contributed by atoms with Gasteiger partial charge >= 0.3 is 5.97 Å². The zero-order valence-electron chi connectivity index (χ0n) is 11.7. The molecule has 0 amide bonds. The summed E-state index contributed by atoms with van der Waals surface area (Å²) in [4.78, 5) is 26.5. The quantitative estimate of drug-likeness (QED) is 0.256. The minimum absolute atomic E-state index is 0.120. The summed E-state index contributed by atoms with van der Waals surface area (Å²) < 4.78 is 4.96. The molecule has 0 heterocycles. The molecule has 6 nitrogen and oxygen atoms in total. The van der Waals surface area contributed by atoms with Crippen molar-refractivity contribution in [3.05, 3.63) is 16.4 Å². The zero-order chi connectivity index (χ0) is 14.6. The minimum Gasteiger partial charge on any atom is -0.465 e. The number of carbonyl (C=O) groups is 2. The van der Waals surface area contributed by atoms with E-state index in [9.17, 15) is 14.8 Å². The largest absolute Gasteiger partial charge is 0.465 e. The number of esters is 1. The molecule has 0 N–H and O–H groups in total. The predicted octanol–water partition coefficient (Wildman–Crippen LogP) is 1.73. The number of carbonyl (C=O) groups excluding carboxylic acids is 2. The van der Waals surface area contributed by atoms with E-state index < -0.39 is 11.9 Å². The second-order valence-electron chi connectivity index (χ2n) is 4.77. The second kappa shape index (κ2) is 6.36. The Balaban J connectivity index is 2.95. The maximum Gasteiger partial charge on any atom is 0.302 e. The molecule has 1 aliphatic rings. The third-order valence-electron chi connectivity index (χ3n) is 3.13. The van der Waals surface area contributed by atoms with Crippen molar-refractivity contribution in [3.8, 4) is 0 Å². The van der Waals surface area contributed by atoms with E-state index in [1.165, 1.54) is 13.8 Å². The average Bonchev–Trinajstić information content (AvgIpc) is 2.29. The number of ether oxygens (including phenoxy) is 1. The molecule has 106 valence electrons. The molecule has 0 aromatic rings. The average molecular weight is 269 g/mol. The van der Waals surface area contributed by atoms with Gasteiger partial charge in [-0.2, -0.15) is 0 Å². The van der Waals surface area contributed by atoms with E-state index in [4.69, 9.17) is 4.74 Å². The molecular formula is C13H19NO5.